The Bertz CT molecular complexity index is 342. The maximum absolute atomic E-state index is 5.61. The van der Waals surface area contributed by atoms with Gasteiger partial charge in [0.15, 0.2) is 5.82 Å². The molecule has 1 fully saturated rings. The van der Waals surface area contributed by atoms with Crippen LogP contribution in [-0.4, -0.2) is 44.7 Å². The van der Waals surface area contributed by atoms with Gasteiger partial charge in [-0.25, -0.2) is 4.68 Å². The van der Waals surface area contributed by atoms with Crippen molar-refractivity contribution in [2.24, 2.45) is 11.7 Å². The summed E-state index contributed by atoms with van der Waals surface area (Å²) in [4.78, 5) is 2.45. The van der Waals surface area contributed by atoms with Crippen molar-refractivity contribution in [3.05, 3.63) is 5.82 Å². The average Bonchev–Trinajstić information content (AvgIpc) is 2.80. The third-order valence-electron chi connectivity index (χ3n) is 3.69. The van der Waals surface area contributed by atoms with Gasteiger partial charge in [-0.2, -0.15) is 0 Å². The normalized spacial score (nSPS) is 18.3. The average molecular weight is 252 g/mol. The molecule has 1 saturated heterocycles. The molecule has 6 nitrogen and oxygen atoms in total. The van der Waals surface area contributed by atoms with E-state index in [1.165, 1.54) is 19.3 Å². The molecule has 18 heavy (non-hydrogen) atoms. The minimum Gasteiger partial charge on any atom is -0.330 e. The van der Waals surface area contributed by atoms with E-state index in [-0.39, 0.29) is 0 Å². The van der Waals surface area contributed by atoms with Gasteiger partial charge in [0, 0.05) is 6.54 Å². The first-order valence-electron chi connectivity index (χ1n) is 7.01. The largest absolute Gasteiger partial charge is 0.330 e. The van der Waals surface area contributed by atoms with Gasteiger partial charge in [0.05, 0.1) is 6.54 Å². The molecular formula is C12H24N6. The molecule has 0 radical (unpaired) electrons. The van der Waals surface area contributed by atoms with E-state index >= 15 is 0 Å². The van der Waals surface area contributed by atoms with Crippen LogP contribution in [0, 0.1) is 5.92 Å². The lowest BCUT2D eigenvalue weighted by Gasteiger charge is -2.31. The standard InChI is InChI=1S/C12H24N6/c1-2-7-18-12(14-15-16-18)10-17-8-4-11(3-6-13)5-9-17/h11H,2-10,13H2,1H3. The lowest BCUT2D eigenvalue weighted by Crippen LogP contribution is -2.34. The lowest BCUT2D eigenvalue weighted by atomic mass is 9.94. The summed E-state index contributed by atoms with van der Waals surface area (Å²) in [5.74, 6) is 1.81. The van der Waals surface area contributed by atoms with Crippen molar-refractivity contribution in [2.45, 2.75) is 45.7 Å². The minimum atomic E-state index is 0.817. The van der Waals surface area contributed by atoms with Crippen LogP contribution in [0.4, 0.5) is 0 Å². The maximum Gasteiger partial charge on any atom is 0.165 e. The fraction of sp³-hybridized carbons (Fsp3) is 0.917. The Morgan fingerprint density at radius 1 is 1.33 bits per heavy atom. The number of nitrogens with two attached hydrogens (primary N) is 1. The number of aryl methyl sites for hydroxylation is 1. The van der Waals surface area contributed by atoms with E-state index in [0.29, 0.717) is 0 Å². The summed E-state index contributed by atoms with van der Waals surface area (Å²) in [7, 11) is 0. The van der Waals surface area contributed by atoms with Crippen LogP contribution >= 0.6 is 0 Å². The van der Waals surface area contributed by atoms with Crippen LogP contribution in [0.3, 0.4) is 0 Å². The smallest absolute Gasteiger partial charge is 0.165 e. The Kier molecular flexibility index (Phi) is 5.07. The van der Waals surface area contributed by atoms with Gasteiger partial charge in [0.2, 0.25) is 0 Å². The van der Waals surface area contributed by atoms with Crippen molar-refractivity contribution in [1.82, 2.24) is 25.1 Å². The van der Waals surface area contributed by atoms with Crippen molar-refractivity contribution in [1.29, 1.82) is 0 Å². The van der Waals surface area contributed by atoms with Crippen LogP contribution in [0.1, 0.15) is 38.4 Å². The van der Waals surface area contributed by atoms with E-state index in [1.54, 1.807) is 0 Å². The predicted octanol–water partition coefficient (Wildman–Crippen LogP) is 0.644. The number of piperidine rings is 1. The summed E-state index contributed by atoms with van der Waals surface area (Å²) in [6.45, 7) is 7.03. The number of aromatic nitrogens is 4. The molecule has 2 rings (SSSR count). The van der Waals surface area contributed by atoms with Gasteiger partial charge in [0.1, 0.15) is 0 Å². The van der Waals surface area contributed by atoms with Gasteiger partial charge in [-0.15, -0.1) is 5.10 Å². The monoisotopic (exact) mass is 252 g/mol. The van der Waals surface area contributed by atoms with Crippen LogP contribution < -0.4 is 5.73 Å². The second kappa shape index (κ2) is 6.80. The highest BCUT2D eigenvalue weighted by Gasteiger charge is 2.20. The van der Waals surface area contributed by atoms with Crippen LogP contribution in [0.2, 0.25) is 0 Å². The van der Waals surface area contributed by atoms with E-state index in [4.69, 9.17) is 5.73 Å². The number of hydrogen-bond donors (Lipinski definition) is 1. The first kappa shape index (κ1) is 13.4. The highest BCUT2D eigenvalue weighted by molar-refractivity contribution is 4.83. The number of nitrogens with zero attached hydrogens (tertiary/aromatic N) is 5. The molecule has 1 aliphatic heterocycles. The van der Waals surface area contributed by atoms with Gasteiger partial charge < -0.3 is 5.73 Å². The van der Waals surface area contributed by atoms with Crippen LogP contribution in [-0.2, 0) is 13.1 Å². The molecule has 0 aromatic carbocycles. The number of rotatable bonds is 6. The molecule has 2 N–H and O–H groups in total. The second-order valence-corrected chi connectivity index (χ2v) is 5.12. The molecule has 1 aliphatic rings. The van der Waals surface area contributed by atoms with E-state index in [0.717, 1.165) is 50.9 Å². The fourth-order valence-electron chi connectivity index (χ4n) is 2.59. The number of tetrazole rings is 1. The van der Waals surface area contributed by atoms with Crippen LogP contribution in [0.5, 0.6) is 0 Å². The van der Waals surface area contributed by atoms with Gasteiger partial charge in [0.25, 0.3) is 0 Å². The Hall–Kier alpha value is -1.01. The van der Waals surface area contributed by atoms with Crippen molar-refractivity contribution in [3.63, 3.8) is 0 Å². The SMILES string of the molecule is CCCn1nnnc1CN1CCC(CCN)CC1. The number of hydrogen-bond acceptors (Lipinski definition) is 5. The summed E-state index contributed by atoms with van der Waals surface area (Å²) in [6, 6.07) is 0. The molecular weight excluding hydrogens is 228 g/mol. The molecule has 1 aromatic rings. The van der Waals surface area contributed by atoms with Crippen molar-refractivity contribution >= 4 is 0 Å². The molecule has 0 bridgehead atoms. The third-order valence-corrected chi connectivity index (χ3v) is 3.69. The van der Waals surface area contributed by atoms with E-state index in [2.05, 4.69) is 27.3 Å². The highest BCUT2D eigenvalue weighted by atomic mass is 15.5. The molecule has 1 aromatic heterocycles. The molecule has 0 spiro atoms. The van der Waals surface area contributed by atoms with Gasteiger partial charge in [-0.05, 0) is 61.7 Å². The maximum atomic E-state index is 5.61. The predicted molar refractivity (Wildman–Crippen MR) is 69.8 cm³/mol. The zero-order valence-corrected chi connectivity index (χ0v) is 11.3. The first-order valence-corrected chi connectivity index (χ1v) is 7.01. The molecule has 0 unspecified atom stereocenters. The Morgan fingerprint density at radius 2 is 2.11 bits per heavy atom. The van der Waals surface area contributed by atoms with Gasteiger partial charge in [-0.3, -0.25) is 4.90 Å². The Labute approximate surface area is 109 Å². The summed E-state index contributed by atoms with van der Waals surface area (Å²) in [5, 5.41) is 11.9. The van der Waals surface area contributed by atoms with Gasteiger partial charge >= 0.3 is 0 Å². The van der Waals surface area contributed by atoms with Gasteiger partial charge in [-0.1, -0.05) is 6.92 Å². The van der Waals surface area contributed by atoms with Crippen LogP contribution in [0.15, 0.2) is 0 Å². The molecule has 0 atom stereocenters. The molecule has 6 heteroatoms. The minimum absolute atomic E-state index is 0.817. The summed E-state index contributed by atoms with van der Waals surface area (Å²) in [6.07, 6.45) is 4.75. The zero-order valence-electron chi connectivity index (χ0n) is 11.3. The molecule has 102 valence electrons. The molecule has 2 heterocycles. The Balaban J connectivity index is 1.82. The number of likely N-dealkylation sites (tertiary alicyclic amines) is 1. The van der Waals surface area contributed by atoms with E-state index < -0.39 is 0 Å². The lowest BCUT2D eigenvalue weighted by molar-refractivity contribution is 0.167. The Morgan fingerprint density at radius 3 is 2.78 bits per heavy atom. The van der Waals surface area contributed by atoms with Crippen LogP contribution in [0.25, 0.3) is 0 Å². The summed E-state index contributed by atoms with van der Waals surface area (Å²) in [5.41, 5.74) is 5.61. The van der Waals surface area contributed by atoms with Crippen molar-refractivity contribution < 1.29 is 0 Å². The summed E-state index contributed by atoms with van der Waals surface area (Å²) < 4.78 is 1.92. The third kappa shape index (κ3) is 3.49. The molecule has 0 saturated carbocycles. The zero-order chi connectivity index (χ0) is 12.8. The van der Waals surface area contributed by atoms with E-state index in [1.807, 2.05) is 4.68 Å². The van der Waals surface area contributed by atoms with Crippen molar-refractivity contribution in [2.75, 3.05) is 19.6 Å². The van der Waals surface area contributed by atoms with Crippen molar-refractivity contribution in [3.8, 4) is 0 Å². The topological polar surface area (TPSA) is 72.9 Å². The van der Waals surface area contributed by atoms with E-state index in [9.17, 15) is 0 Å². The second-order valence-electron chi connectivity index (χ2n) is 5.12. The quantitative estimate of drug-likeness (QED) is 0.804. The first-order chi connectivity index (χ1) is 8.83. The molecule has 0 aliphatic carbocycles. The summed E-state index contributed by atoms with van der Waals surface area (Å²) >= 11 is 0. The highest BCUT2D eigenvalue weighted by Crippen LogP contribution is 2.20. The fourth-order valence-corrected chi connectivity index (χ4v) is 2.59. The molecule has 0 amide bonds.